The molecule has 0 aliphatic carbocycles. The lowest BCUT2D eigenvalue weighted by Crippen LogP contribution is -2.14. The molecule has 2 aromatic heterocycles. The van der Waals surface area contributed by atoms with Crippen LogP contribution < -0.4 is 11.3 Å². The number of aromatic nitrogens is 2. The first kappa shape index (κ1) is 13.2. The highest BCUT2D eigenvalue weighted by Crippen LogP contribution is 2.29. The molecule has 1 atom stereocenters. The second-order valence-electron chi connectivity index (χ2n) is 4.17. The molecular formula is C12H18N4OS. The van der Waals surface area contributed by atoms with Crippen LogP contribution in [0.3, 0.4) is 0 Å². The standard InChI is InChI=1S/C12H18N4OS/c1-4-8-6-9-11(16-13)14-10(5-7(2)17-3)15-12(9)18-8/h6-7H,4-5,13H2,1-3H3,(H,14,15,16). The minimum Gasteiger partial charge on any atom is -0.381 e. The molecule has 1 unspecified atom stereocenters. The van der Waals surface area contributed by atoms with Gasteiger partial charge in [0.25, 0.3) is 0 Å². The van der Waals surface area contributed by atoms with E-state index >= 15 is 0 Å². The Morgan fingerprint density at radius 2 is 2.28 bits per heavy atom. The molecule has 0 saturated heterocycles. The Balaban J connectivity index is 2.44. The predicted octanol–water partition coefficient (Wildman–Crippen LogP) is 2.12. The Kier molecular flexibility index (Phi) is 4.11. The summed E-state index contributed by atoms with van der Waals surface area (Å²) in [6.07, 6.45) is 1.77. The molecule has 0 fully saturated rings. The molecule has 0 bridgehead atoms. The summed E-state index contributed by atoms with van der Waals surface area (Å²) in [4.78, 5) is 11.3. The summed E-state index contributed by atoms with van der Waals surface area (Å²) in [7, 11) is 1.69. The summed E-state index contributed by atoms with van der Waals surface area (Å²) in [6, 6.07) is 2.10. The van der Waals surface area contributed by atoms with Crippen LogP contribution in [0.4, 0.5) is 5.82 Å². The van der Waals surface area contributed by atoms with Gasteiger partial charge in [0.15, 0.2) is 5.82 Å². The number of fused-ring (bicyclic) bond motifs is 1. The van der Waals surface area contributed by atoms with Crippen LogP contribution >= 0.6 is 11.3 Å². The highest BCUT2D eigenvalue weighted by atomic mass is 32.1. The Bertz CT molecular complexity index is 540. The zero-order valence-corrected chi connectivity index (χ0v) is 11.7. The largest absolute Gasteiger partial charge is 0.381 e. The SMILES string of the molecule is CCc1cc2c(NN)nc(CC(C)OC)nc2s1. The maximum atomic E-state index is 5.53. The van der Waals surface area contributed by atoms with Gasteiger partial charge in [-0.3, -0.25) is 0 Å². The first-order valence-corrected chi connectivity index (χ1v) is 6.78. The van der Waals surface area contributed by atoms with Crippen LogP contribution in [0.15, 0.2) is 6.07 Å². The van der Waals surface area contributed by atoms with Crippen LogP contribution in [-0.2, 0) is 17.6 Å². The molecule has 18 heavy (non-hydrogen) atoms. The van der Waals surface area contributed by atoms with Crippen molar-refractivity contribution in [3.05, 3.63) is 16.8 Å². The number of hydrogen-bond acceptors (Lipinski definition) is 6. The number of thiophene rings is 1. The number of nitrogen functional groups attached to an aromatic ring is 1. The summed E-state index contributed by atoms with van der Waals surface area (Å²) < 4.78 is 5.24. The van der Waals surface area contributed by atoms with Crippen molar-refractivity contribution >= 4 is 27.4 Å². The van der Waals surface area contributed by atoms with Crippen molar-refractivity contribution in [3.8, 4) is 0 Å². The van der Waals surface area contributed by atoms with E-state index in [0.717, 1.165) is 22.5 Å². The van der Waals surface area contributed by atoms with Crippen LogP contribution in [0.2, 0.25) is 0 Å². The predicted molar refractivity (Wildman–Crippen MR) is 74.8 cm³/mol. The molecule has 0 aliphatic rings. The lowest BCUT2D eigenvalue weighted by molar-refractivity contribution is 0.117. The van der Waals surface area contributed by atoms with Gasteiger partial charge in [-0.2, -0.15) is 0 Å². The van der Waals surface area contributed by atoms with E-state index in [1.165, 1.54) is 4.88 Å². The molecule has 3 N–H and O–H groups in total. The van der Waals surface area contributed by atoms with Crippen LogP contribution in [0, 0.1) is 0 Å². The number of anilines is 1. The van der Waals surface area contributed by atoms with E-state index in [1.807, 2.05) is 6.92 Å². The monoisotopic (exact) mass is 266 g/mol. The molecule has 5 nitrogen and oxygen atoms in total. The fourth-order valence-corrected chi connectivity index (χ4v) is 2.72. The van der Waals surface area contributed by atoms with Crippen molar-refractivity contribution in [3.63, 3.8) is 0 Å². The number of nitrogens with two attached hydrogens (primary N) is 1. The van der Waals surface area contributed by atoms with Gasteiger partial charge in [0.05, 0.1) is 11.5 Å². The lowest BCUT2D eigenvalue weighted by Gasteiger charge is -2.09. The van der Waals surface area contributed by atoms with Crippen molar-refractivity contribution in [1.82, 2.24) is 9.97 Å². The number of nitrogens with zero attached hydrogens (tertiary/aromatic N) is 2. The highest BCUT2D eigenvalue weighted by molar-refractivity contribution is 7.18. The van der Waals surface area contributed by atoms with Crippen molar-refractivity contribution in [2.75, 3.05) is 12.5 Å². The van der Waals surface area contributed by atoms with E-state index in [0.29, 0.717) is 12.2 Å². The molecule has 0 saturated carbocycles. The van der Waals surface area contributed by atoms with Crippen molar-refractivity contribution in [2.24, 2.45) is 5.84 Å². The number of hydrogen-bond donors (Lipinski definition) is 2. The van der Waals surface area contributed by atoms with Gasteiger partial charge in [-0.25, -0.2) is 15.8 Å². The second kappa shape index (κ2) is 5.60. The lowest BCUT2D eigenvalue weighted by atomic mass is 10.2. The summed E-state index contributed by atoms with van der Waals surface area (Å²) in [5.74, 6) is 6.98. The van der Waals surface area contributed by atoms with Gasteiger partial charge in [0.2, 0.25) is 0 Å². The molecule has 6 heteroatoms. The molecular weight excluding hydrogens is 248 g/mol. The minimum absolute atomic E-state index is 0.0960. The number of rotatable bonds is 5. The van der Waals surface area contributed by atoms with Crippen molar-refractivity contribution in [1.29, 1.82) is 0 Å². The summed E-state index contributed by atoms with van der Waals surface area (Å²) in [5, 5.41) is 0.994. The highest BCUT2D eigenvalue weighted by Gasteiger charge is 2.12. The fraction of sp³-hybridized carbons (Fsp3) is 0.500. The van der Waals surface area contributed by atoms with Crippen LogP contribution in [0.1, 0.15) is 24.5 Å². The summed E-state index contributed by atoms with van der Waals surface area (Å²) in [6.45, 7) is 4.12. The molecule has 0 spiro atoms. The molecule has 0 amide bonds. The summed E-state index contributed by atoms with van der Waals surface area (Å²) >= 11 is 1.69. The van der Waals surface area contributed by atoms with E-state index in [4.69, 9.17) is 10.6 Å². The number of ether oxygens (including phenoxy) is 1. The van der Waals surface area contributed by atoms with E-state index < -0.39 is 0 Å². The van der Waals surface area contributed by atoms with E-state index in [1.54, 1.807) is 18.4 Å². The van der Waals surface area contributed by atoms with Gasteiger partial charge in [0.1, 0.15) is 10.7 Å². The maximum Gasteiger partial charge on any atom is 0.152 e. The number of nitrogens with one attached hydrogen (secondary N) is 1. The van der Waals surface area contributed by atoms with E-state index in [9.17, 15) is 0 Å². The third kappa shape index (κ3) is 2.60. The average molecular weight is 266 g/mol. The maximum absolute atomic E-state index is 5.53. The Labute approximate surface area is 110 Å². The van der Waals surface area contributed by atoms with E-state index in [-0.39, 0.29) is 6.10 Å². The third-order valence-electron chi connectivity index (χ3n) is 2.85. The van der Waals surface area contributed by atoms with Crippen LogP contribution in [0.25, 0.3) is 10.2 Å². The average Bonchev–Trinajstić information content (AvgIpc) is 2.80. The Morgan fingerprint density at radius 1 is 1.50 bits per heavy atom. The Morgan fingerprint density at radius 3 is 2.89 bits per heavy atom. The van der Waals surface area contributed by atoms with E-state index in [2.05, 4.69) is 28.4 Å². The first-order valence-electron chi connectivity index (χ1n) is 5.96. The van der Waals surface area contributed by atoms with Gasteiger partial charge in [-0.15, -0.1) is 11.3 Å². The molecule has 2 rings (SSSR count). The zero-order chi connectivity index (χ0) is 13.1. The number of methoxy groups -OCH3 is 1. The van der Waals surface area contributed by atoms with Gasteiger partial charge in [0, 0.05) is 18.4 Å². The molecule has 0 aromatic carbocycles. The topological polar surface area (TPSA) is 73.1 Å². The third-order valence-corrected chi connectivity index (χ3v) is 4.02. The van der Waals surface area contributed by atoms with Gasteiger partial charge in [-0.05, 0) is 19.4 Å². The molecule has 98 valence electrons. The second-order valence-corrected chi connectivity index (χ2v) is 5.28. The van der Waals surface area contributed by atoms with Crippen molar-refractivity contribution in [2.45, 2.75) is 32.8 Å². The van der Waals surface area contributed by atoms with Crippen LogP contribution in [-0.4, -0.2) is 23.2 Å². The van der Waals surface area contributed by atoms with Crippen molar-refractivity contribution < 1.29 is 4.74 Å². The molecule has 0 radical (unpaired) electrons. The zero-order valence-electron chi connectivity index (χ0n) is 10.9. The minimum atomic E-state index is 0.0960. The first-order chi connectivity index (χ1) is 8.67. The Hall–Kier alpha value is -1.24. The normalized spacial score (nSPS) is 12.9. The molecule has 2 heterocycles. The molecule has 0 aliphatic heterocycles. The number of hydrazine groups is 1. The molecule has 2 aromatic rings. The quantitative estimate of drug-likeness (QED) is 0.640. The van der Waals surface area contributed by atoms with Gasteiger partial charge in [-0.1, -0.05) is 6.92 Å². The van der Waals surface area contributed by atoms with Gasteiger partial charge < -0.3 is 10.2 Å². The fourth-order valence-electron chi connectivity index (χ4n) is 1.73. The van der Waals surface area contributed by atoms with Gasteiger partial charge >= 0.3 is 0 Å². The summed E-state index contributed by atoms with van der Waals surface area (Å²) in [5.41, 5.74) is 2.65. The number of aryl methyl sites for hydroxylation is 1. The smallest absolute Gasteiger partial charge is 0.152 e. The van der Waals surface area contributed by atoms with Crippen LogP contribution in [0.5, 0.6) is 0 Å².